The molecule has 1 amide bonds. The molecule has 1 aromatic carbocycles. The molecule has 0 saturated carbocycles. The van der Waals surface area contributed by atoms with Gasteiger partial charge in [-0.25, -0.2) is 4.98 Å². The first kappa shape index (κ1) is 16.7. The average molecular weight is 314 g/mol. The zero-order valence-electron chi connectivity index (χ0n) is 13.7. The van der Waals surface area contributed by atoms with Crippen LogP contribution >= 0.6 is 0 Å². The van der Waals surface area contributed by atoms with E-state index in [4.69, 9.17) is 4.74 Å². The summed E-state index contributed by atoms with van der Waals surface area (Å²) in [5, 5.41) is 6.97. The van der Waals surface area contributed by atoms with Crippen molar-refractivity contribution in [2.75, 3.05) is 6.61 Å². The van der Waals surface area contributed by atoms with Crippen molar-refractivity contribution in [1.29, 1.82) is 0 Å². The Kier molecular flexibility index (Phi) is 5.91. The van der Waals surface area contributed by atoms with E-state index in [0.717, 1.165) is 0 Å². The molecule has 2 aromatic rings. The second kappa shape index (κ2) is 8.12. The molecule has 0 bridgehead atoms. The normalized spacial score (nSPS) is 11.6. The number of amides is 1. The fourth-order valence-electron chi connectivity index (χ4n) is 1.99. The summed E-state index contributed by atoms with van der Waals surface area (Å²) in [4.78, 5) is 16.2. The molecular formula is C17H22N4O2. The van der Waals surface area contributed by atoms with Gasteiger partial charge >= 0.3 is 0 Å². The van der Waals surface area contributed by atoms with Gasteiger partial charge in [0.2, 0.25) is 0 Å². The van der Waals surface area contributed by atoms with Crippen LogP contribution in [-0.4, -0.2) is 33.3 Å². The number of benzene rings is 1. The van der Waals surface area contributed by atoms with Gasteiger partial charge in [-0.15, -0.1) is 0 Å². The molecule has 6 nitrogen and oxygen atoms in total. The van der Waals surface area contributed by atoms with Gasteiger partial charge < -0.3 is 10.1 Å². The standard InChI is InChI=1S/C17H22N4O2/c1-13(2)7-8-23-16-6-4-5-15(9-16)17(22)20-14(3)10-21-12-18-11-19-21/h4-7,9,11-12,14H,8,10H2,1-3H3,(H,20,22)/t14-/m0/s1. The van der Waals surface area contributed by atoms with Crippen molar-refractivity contribution in [3.63, 3.8) is 0 Å². The van der Waals surface area contributed by atoms with Crippen LogP contribution in [-0.2, 0) is 6.54 Å². The first-order valence-corrected chi connectivity index (χ1v) is 7.54. The number of rotatable bonds is 7. The minimum atomic E-state index is -0.134. The molecule has 0 fully saturated rings. The van der Waals surface area contributed by atoms with E-state index in [1.54, 1.807) is 23.1 Å². The number of nitrogens with zero attached hydrogens (tertiary/aromatic N) is 3. The summed E-state index contributed by atoms with van der Waals surface area (Å²) in [6, 6.07) is 7.12. The first-order valence-electron chi connectivity index (χ1n) is 7.54. The maximum Gasteiger partial charge on any atom is 0.251 e. The van der Waals surface area contributed by atoms with E-state index in [-0.39, 0.29) is 11.9 Å². The Labute approximate surface area is 136 Å². The largest absolute Gasteiger partial charge is 0.490 e. The van der Waals surface area contributed by atoms with Gasteiger partial charge in [0.1, 0.15) is 25.0 Å². The SMILES string of the molecule is CC(C)=CCOc1cccc(C(=O)N[C@@H](C)Cn2cncn2)c1. The Hall–Kier alpha value is -2.63. The van der Waals surface area contributed by atoms with Crippen LogP contribution in [0.25, 0.3) is 0 Å². The lowest BCUT2D eigenvalue weighted by Crippen LogP contribution is -2.35. The van der Waals surface area contributed by atoms with Crippen LogP contribution < -0.4 is 10.1 Å². The molecule has 1 heterocycles. The summed E-state index contributed by atoms with van der Waals surface area (Å²) in [6.45, 7) is 7.03. The van der Waals surface area contributed by atoms with E-state index < -0.39 is 0 Å². The van der Waals surface area contributed by atoms with Crippen LogP contribution in [0.4, 0.5) is 0 Å². The van der Waals surface area contributed by atoms with Crippen molar-refractivity contribution < 1.29 is 9.53 Å². The molecular weight excluding hydrogens is 292 g/mol. The van der Waals surface area contributed by atoms with Gasteiger partial charge in [-0.1, -0.05) is 11.6 Å². The lowest BCUT2D eigenvalue weighted by molar-refractivity contribution is 0.0935. The van der Waals surface area contributed by atoms with Crippen molar-refractivity contribution in [2.45, 2.75) is 33.4 Å². The van der Waals surface area contributed by atoms with Gasteiger partial charge in [-0.05, 0) is 45.0 Å². The summed E-state index contributed by atoms with van der Waals surface area (Å²) in [5.74, 6) is 0.546. The first-order chi connectivity index (χ1) is 11.0. The predicted octanol–water partition coefficient (Wildman–Crippen LogP) is 2.44. The lowest BCUT2D eigenvalue weighted by atomic mass is 10.2. The van der Waals surface area contributed by atoms with E-state index in [1.165, 1.54) is 11.9 Å². The molecule has 2 rings (SSSR count). The summed E-state index contributed by atoms with van der Waals surface area (Å²) in [7, 11) is 0. The van der Waals surface area contributed by atoms with Gasteiger partial charge in [-0.2, -0.15) is 5.10 Å². The molecule has 23 heavy (non-hydrogen) atoms. The lowest BCUT2D eigenvalue weighted by Gasteiger charge is -2.14. The van der Waals surface area contributed by atoms with Crippen LogP contribution in [0.15, 0.2) is 48.6 Å². The number of allylic oxidation sites excluding steroid dienone is 1. The number of carbonyl (C=O) groups is 1. The Morgan fingerprint density at radius 2 is 2.26 bits per heavy atom. The maximum absolute atomic E-state index is 12.3. The molecule has 0 unspecified atom stereocenters. The van der Waals surface area contributed by atoms with E-state index >= 15 is 0 Å². The van der Waals surface area contributed by atoms with Crippen molar-refractivity contribution in [3.05, 3.63) is 54.1 Å². The molecule has 1 N–H and O–H groups in total. The minimum Gasteiger partial charge on any atom is -0.490 e. The third-order valence-electron chi connectivity index (χ3n) is 3.14. The summed E-state index contributed by atoms with van der Waals surface area (Å²) in [5.41, 5.74) is 1.77. The summed E-state index contributed by atoms with van der Waals surface area (Å²) < 4.78 is 7.30. The van der Waals surface area contributed by atoms with Gasteiger partial charge in [0.05, 0.1) is 6.54 Å². The Bertz CT molecular complexity index is 661. The molecule has 1 atom stereocenters. The smallest absolute Gasteiger partial charge is 0.251 e. The quantitative estimate of drug-likeness (QED) is 0.797. The highest BCUT2D eigenvalue weighted by molar-refractivity contribution is 5.94. The van der Waals surface area contributed by atoms with Crippen LogP contribution in [0.5, 0.6) is 5.75 Å². The Morgan fingerprint density at radius 3 is 2.96 bits per heavy atom. The van der Waals surface area contributed by atoms with E-state index in [1.807, 2.05) is 39.0 Å². The van der Waals surface area contributed by atoms with Gasteiger partial charge in [0.15, 0.2) is 0 Å². The topological polar surface area (TPSA) is 69.0 Å². The molecule has 0 radical (unpaired) electrons. The molecule has 0 aliphatic heterocycles. The zero-order chi connectivity index (χ0) is 16.7. The molecule has 6 heteroatoms. The van der Waals surface area contributed by atoms with Crippen molar-refractivity contribution in [3.8, 4) is 5.75 Å². The number of nitrogens with one attached hydrogen (secondary N) is 1. The third-order valence-corrected chi connectivity index (χ3v) is 3.14. The van der Waals surface area contributed by atoms with E-state index in [2.05, 4.69) is 15.4 Å². The highest BCUT2D eigenvalue weighted by Crippen LogP contribution is 2.13. The molecule has 122 valence electrons. The fraction of sp³-hybridized carbons (Fsp3) is 0.353. The second-order valence-electron chi connectivity index (χ2n) is 5.61. The molecule has 0 aliphatic carbocycles. The number of ether oxygens (including phenoxy) is 1. The number of hydrogen-bond acceptors (Lipinski definition) is 4. The van der Waals surface area contributed by atoms with Crippen LogP contribution in [0.3, 0.4) is 0 Å². The fourth-order valence-corrected chi connectivity index (χ4v) is 1.99. The molecule has 0 aliphatic rings. The number of aromatic nitrogens is 3. The van der Waals surface area contributed by atoms with E-state index in [9.17, 15) is 4.79 Å². The number of hydrogen-bond donors (Lipinski definition) is 1. The van der Waals surface area contributed by atoms with E-state index in [0.29, 0.717) is 24.5 Å². The molecule has 1 aromatic heterocycles. The van der Waals surface area contributed by atoms with Gasteiger partial charge in [0.25, 0.3) is 5.91 Å². The Balaban J connectivity index is 1.92. The summed E-state index contributed by atoms with van der Waals surface area (Å²) >= 11 is 0. The van der Waals surface area contributed by atoms with Gasteiger partial charge in [-0.3, -0.25) is 9.48 Å². The van der Waals surface area contributed by atoms with Gasteiger partial charge in [0, 0.05) is 11.6 Å². The van der Waals surface area contributed by atoms with Crippen LogP contribution in [0.2, 0.25) is 0 Å². The zero-order valence-corrected chi connectivity index (χ0v) is 13.7. The van der Waals surface area contributed by atoms with Crippen molar-refractivity contribution in [2.24, 2.45) is 0 Å². The minimum absolute atomic E-state index is 0.0561. The maximum atomic E-state index is 12.3. The highest BCUT2D eigenvalue weighted by atomic mass is 16.5. The molecule has 0 spiro atoms. The second-order valence-corrected chi connectivity index (χ2v) is 5.61. The summed E-state index contributed by atoms with van der Waals surface area (Å²) in [6.07, 6.45) is 5.09. The van der Waals surface area contributed by atoms with Crippen molar-refractivity contribution >= 4 is 5.91 Å². The average Bonchev–Trinajstić information content (AvgIpc) is 3.00. The Morgan fingerprint density at radius 1 is 1.43 bits per heavy atom. The third kappa shape index (κ3) is 5.58. The molecule has 0 saturated heterocycles. The van der Waals surface area contributed by atoms with Crippen LogP contribution in [0, 0.1) is 0 Å². The van der Waals surface area contributed by atoms with Crippen LogP contribution in [0.1, 0.15) is 31.1 Å². The predicted molar refractivity (Wildman–Crippen MR) is 88.3 cm³/mol. The monoisotopic (exact) mass is 314 g/mol. The highest BCUT2D eigenvalue weighted by Gasteiger charge is 2.11. The van der Waals surface area contributed by atoms with Crippen molar-refractivity contribution in [1.82, 2.24) is 20.1 Å². The number of carbonyl (C=O) groups excluding carboxylic acids is 1.